The molecule has 1 unspecified atom stereocenters. The van der Waals surface area contributed by atoms with Gasteiger partial charge in [0, 0.05) is 5.56 Å². The van der Waals surface area contributed by atoms with Gasteiger partial charge in [0.1, 0.15) is 12.4 Å². The SMILES string of the molecule is C[S+]([O-])c1ccc(/C(=N\OC2CCCC2)C(=O)Nc2ncc(C=O)s2)cc1. The van der Waals surface area contributed by atoms with E-state index in [0.29, 0.717) is 26.8 Å². The van der Waals surface area contributed by atoms with Gasteiger partial charge in [-0.3, -0.25) is 14.9 Å². The lowest BCUT2D eigenvalue weighted by Gasteiger charge is -2.11. The van der Waals surface area contributed by atoms with Crippen molar-refractivity contribution in [3.63, 3.8) is 0 Å². The quantitative estimate of drug-likeness (QED) is 0.330. The highest BCUT2D eigenvalue weighted by atomic mass is 32.2. The standard InChI is InChI=1S/C18H19N3O4S2/c1-27(24)15-8-6-12(7-9-15)16(21-25-13-4-2-3-5-13)17(23)20-18-19-10-14(11-22)26-18/h6-11,13H,2-5H2,1H3,(H,19,20,23)/b21-16+. The van der Waals surface area contributed by atoms with Crippen LogP contribution in [0.2, 0.25) is 0 Å². The van der Waals surface area contributed by atoms with Gasteiger partial charge in [-0.2, -0.15) is 0 Å². The molecule has 1 aliphatic carbocycles. The molecule has 7 nitrogen and oxygen atoms in total. The Kier molecular flexibility index (Phi) is 6.59. The van der Waals surface area contributed by atoms with Crippen molar-refractivity contribution in [2.24, 2.45) is 5.16 Å². The zero-order chi connectivity index (χ0) is 19.2. The van der Waals surface area contributed by atoms with E-state index in [1.54, 1.807) is 30.5 Å². The van der Waals surface area contributed by atoms with Crippen molar-refractivity contribution in [2.75, 3.05) is 11.6 Å². The summed E-state index contributed by atoms with van der Waals surface area (Å²) in [6, 6.07) is 6.76. The van der Waals surface area contributed by atoms with Crippen molar-refractivity contribution in [3.8, 4) is 0 Å². The number of aromatic nitrogens is 1. The minimum absolute atomic E-state index is 0.0109. The lowest BCUT2D eigenvalue weighted by molar-refractivity contribution is -0.110. The fraction of sp³-hybridized carbons (Fsp3) is 0.333. The number of rotatable bonds is 7. The van der Waals surface area contributed by atoms with Gasteiger partial charge in [0.05, 0.1) is 11.1 Å². The van der Waals surface area contributed by atoms with E-state index in [-0.39, 0.29) is 11.8 Å². The third kappa shape index (κ3) is 5.15. The molecular formula is C18H19N3O4S2. The molecular weight excluding hydrogens is 386 g/mol. The summed E-state index contributed by atoms with van der Waals surface area (Å²) >= 11 is -0.0333. The molecule has 1 aromatic carbocycles. The number of carbonyl (C=O) groups is 2. The molecule has 0 bridgehead atoms. The lowest BCUT2D eigenvalue weighted by Crippen LogP contribution is -2.25. The summed E-state index contributed by atoms with van der Waals surface area (Å²) in [7, 11) is 0. The molecule has 0 radical (unpaired) electrons. The molecule has 0 spiro atoms. The maximum Gasteiger partial charge on any atom is 0.280 e. The molecule has 27 heavy (non-hydrogen) atoms. The molecule has 1 aromatic heterocycles. The average Bonchev–Trinajstić information content (AvgIpc) is 3.34. The van der Waals surface area contributed by atoms with Crippen LogP contribution in [0.25, 0.3) is 0 Å². The number of amides is 1. The monoisotopic (exact) mass is 405 g/mol. The highest BCUT2D eigenvalue weighted by Gasteiger charge is 2.21. The Labute approximate surface area is 164 Å². The normalized spacial score (nSPS) is 16.1. The van der Waals surface area contributed by atoms with Crippen LogP contribution in [-0.4, -0.2) is 39.8 Å². The van der Waals surface area contributed by atoms with Gasteiger partial charge >= 0.3 is 0 Å². The van der Waals surface area contributed by atoms with Crippen LogP contribution in [0, 0.1) is 0 Å². The number of carbonyl (C=O) groups excluding carboxylic acids is 2. The van der Waals surface area contributed by atoms with Gasteiger partial charge in [0.25, 0.3) is 5.91 Å². The summed E-state index contributed by atoms with van der Waals surface area (Å²) in [6.45, 7) is 0. The molecule has 1 heterocycles. The minimum Gasteiger partial charge on any atom is -0.612 e. The van der Waals surface area contributed by atoms with Crippen molar-refractivity contribution in [1.82, 2.24) is 4.98 Å². The third-order valence-electron chi connectivity index (χ3n) is 4.13. The van der Waals surface area contributed by atoms with Gasteiger partial charge in [0.2, 0.25) is 0 Å². The largest absolute Gasteiger partial charge is 0.612 e. The smallest absolute Gasteiger partial charge is 0.280 e. The third-order valence-corrected chi connectivity index (χ3v) is 5.90. The molecule has 9 heteroatoms. The maximum atomic E-state index is 12.7. The number of hydrogen-bond acceptors (Lipinski definition) is 7. The second-order valence-electron chi connectivity index (χ2n) is 6.07. The Bertz CT molecular complexity index is 827. The first-order chi connectivity index (χ1) is 13.1. The summed E-state index contributed by atoms with van der Waals surface area (Å²) in [5.41, 5.74) is 0.657. The Morgan fingerprint density at radius 3 is 2.67 bits per heavy atom. The molecule has 1 saturated carbocycles. The van der Waals surface area contributed by atoms with E-state index in [2.05, 4.69) is 15.5 Å². The number of anilines is 1. The Hall–Kier alpha value is -2.23. The topological polar surface area (TPSA) is 104 Å². The fourth-order valence-electron chi connectivity index (χ4n) is 2.71. The van der Waals surface area contributed by atoms with Gasteiger partial charge in [-0.1, -0.05) is 16.5 Å². The van der Waals surface area contributed by atoms with Gasteiger partial charge in [0.15, 0.2) is 22.0 Å². The number of hydrogen-bond donors (Lipinski definition) is 1. The average molecular weight is 406 g/mol. The summed E-state index contributed by atoms with van der Waals surface area (Å²) < 4.78 is 11.6. The fourth-order valence-corrected chi connectivity index (χ4v) is 3.85. The molecule has 0 saturated heterocycles. The highest BCUT2D eigenvalue weighted by Crippen LogP contribution is 2.22. The summed E-state index contributed by atoms with van der Waals surface area (Å²) in [6.07, 6.45) is 7.69. The van der Waals surface area contributed by atoms with Gasteiger partial charge in [-0.25, -0.2) is 4.98 Å². The number of thiazole rings is 1. The molecule has 1 fully saturated rings. The summed E-state index contributed by atoms with van der Waals surface area (Å²) in [5, 5.41) is 7.06. The number of aldehydes is 1. The van der Waals surface area contributed by atoms with Crippen LogP contribution in [0.4, 0.5) is 5.13 Å². The summed E-state index contributed by atoms with van der Waals surface area (Å²) in [4.78, 5) is 34.2. The van der Waals surface area contributed by atoms with Crippen LogP contribution >= 0.6 is 11.3 Å². The van der Waals surface area contributed by atoms with E-state index < -0.39 is 17.1 Å². The van der Waals surface area contributed by atoms with E-state index in [9.17, 15) is 14.1 Å². The second kappa shape index (κ2) is 9.12. The van der Waals surface area contributed by atoms with Crippen LogP contribution in [0.5, 0.6) is 0 Å². The van der Waals surface area contributed by atoms with Crippen LogP contribution in [0.3, 0.4) is 0 Å². The first-order valence-electron chi connectivity index (χ1n) is 8.47. The molecule has 1 atom stereocenters. The number of benzene rings is 1. The molecule has 1 amide bonds. The predicted molar refractivity (Wildman–Crippen MR) is 105 cm³/mol. The molecule has 0 aliphatic heterocycles. The zero-order valence-corrected chi connectivity index (χ0v) is 16.3. The van der Waals surface area contributed by atoms with E-state index in [4.69, 9.17) is 4.84 Å². The van der Waals surface area contributed by atoms with Gasteiger partial charge in [-0.05, 0) is 61.1 Å². The Morgan fingerprint density at radius 2 is 2.07 bits per heavy atom. The van der Waals surface area contributed by atoms with Crippen molar-refractivity contribution in [1.29, 1.82) is 0 Å². The molecule has 1 N–H and O–H groups in total. The van der Waals surface area contributed by atoms with Crippen LogP contribution in [-0.2, 0) is 20.8 Å². The van der Waals surface area contributed by atoms with Crippen LogP contribution < -0.4 is 5.32 Å². The predicted octanol–water partition coefficient (Wildman–Crippen LogP) is 3.00. The van der Waals surface area contributed by atoms with E-state index in [1.807, 2.05) is 0 Å². The molecule has 1 aliphatic rings. The minimum atomic E-state index is -1.11. The Balaban J connectivity index is 1.82. The van der Waals surface area contributed by atoms with E-state index >= 15 is 0 Å². The molecule has 3 rings (SSSR count). The molecule has 142 valence electrons. The number of oxime groups is 1. The van der Waals surface area contributed by atoms with Crippen molar-refractivity contribution in [2.45, 2.75) is 36.7 Å². The van der Waals surface area contributed by atoms with Crippen LogP contribution in [0.15, 0.2) is 40.5 Å². The van der Waals surface area contributed by atoms with Gasteiger partial charge < -0.3 is 9.39 Å². The van der Waals surface area contributed by atoms with Crippen molar-refractivity contribution in [3.05, 3.63) is 40.9 Å². The maximum absolute atomic E-state index is 12.7. The lowest BCUT2D eigenvalue weighted by atomic mass is 10.1. The van der Waals surface area contributed by atoms with Crippen molar-refractivity contribution < 1.29 is 19.0 Å². The summed E-state index contributed by atoms with van der Waals surface area (Å²) in [5.74, 6) is -0.481. The first-order valence-corrected chi connectivity index (χ1v) is 10.8. The second-order valence-corrected chi connectivity index (χ2v) is 8.51. The Morgan fingerprint density at radius 1 is 1.37 bits per heavy atom. The van der Waals surface area contributed by atoms with E-state index in [1.165, 1.54) is 6.20 Å². The zero-order valence-electron chi connectivity index (χ0n) is 14.7. The molecule has 2 aromatic rings. The number of nitrogens with one attached hydrogen (secondary N) is 1. The highest BCUT2D eigenvalue weighted by molar-refractivity contribution is 7.90. The van der Waals surface area contributed by atoms with Gasteiger partial charge in [-0.15, -0.1) is 0 Å². The van der Waals surface area contributed by atoms with Crippen LogP contribution in [0.1, 0.15) is 40.9 Å². The van der Waals surface area contributed by atoms with E-state index in [0.717, 1.165) is 37.0 Å². The number of nitrogens with zero attached hydrogens (tertiary/aromatic N) is 2. The first kappa shape index (κ1) is 19.5. The van der Waals surface area contributed by atoms with Crippen molar-refractivity contribution >= 4 is 45.5 Å².